The van der Waals surface area contributed by atoms with Crippen molar-refractivity contribution in [3.63, 3.8) is 0 Å². The van der Waals surface area contributed by atoms with Crippen molar-refractivity contribution in [2.75, 3.05) is 11.1 Å². The summed E-state index contributed by atoms with van der Waals surface area (Å²) < 4.78 is 0. The van der Waals surface area contributed by atoms with E-state index in [2.05, 4.69) is 21.4 Å². The van der Waals surface area contributed by atoms with Gasteiger partial charge < -0.3 is 15.9 Å². The minimum Gasteiger partial charge on any atom is -0.368 e. The number of anilines is 2. The molecule has 138 valence electrons. The van der Waals surface area contributed by atoms with Crippen molar-refractivity contribution in [2.45, 2.75) is 44.2 Å². The molecule has 0 amide bonds. The standard InChI is InChI=1S/C21H22N4O2/c22-21-24-17-11-10-13(19-15-8-4-5-9-18(15)26-27-19)12-16(17)20(25-21)23-14-6-2-1-3-7-14/h4-5,8-12,14,19H,1-3,6-7H2,(H3,22,23,24,25). The van der Waals surface area contributed by atoms with Gasteiger partial charge in [0.15, 0.2) is 11.9 Å². The highest BCUT2D eigenvalue weighted by Gasteiger charge is 2.28. The molecule has 27 heavy (non-hydrogen) atoms. The Bertz CT molecular complexity index is 985. The minimum atomic E-state index is -0.259. The summed E-state index contributed by atoms with van der Waals surface area (Å²) in [6.07, 6.45) is 5.89. The highest BCUT2D eigenvalue weighted by Crippen LogP contribution is 2.40. The van der Waals surface area contributed by atoms with Crippen LogP contribution >= 0.6 is 0 Å². The Hall–Kier alpha value is -2.86. The minimum absolute atomic E-state index is 0.259. The van der Waals surface area contributed by atoms with Gasteiger partial charge in [0, 0.05) is 17.0 Å². The van der Waals surface area contributed by atoms with Gasteiger partial charge in [-0.3, -0.25) is 0 Å². The molecule has 1 aliphatic carbocycles. The summed E-state index contributed by atoms with van der Waals surface area (Å²) in [5, 5.41) is 4.56. The predicted octanol–water partition coefficient (Wildman–Crippen LogP) is 4.37. The molecule has 0 spiro atoms. The maximum atomic E-state index is 5.95. The number of nitrogen functional groups attached to an aromatic ring is 1. The molecule has 1 fully saturated rings. The van der Waals surface area contributed by atoms with Crippen LogP contribution in [0, 0.1) is 0 Å². The first-order valence-corrected chi connectivity index (χ1v) is 9.54. The largest absolute Gasteiger partial charge is 0.368 e. The van der Waals surface area contributed by atoms with E-state index in [-0.39, 0.29) is 6.10 Å². The second kappa shape index (κ2) is 6.70. The zero-order valence-electron chi connectivity index (χ0n) is 15.0. The summed E-state index contributed by atoms with van der Waals surface area (Å²) in [6.45, 7) is 0. The Labute approximate surface area is 157 Å². The third-order valence-electron chi connectivity index (χ3n) is 5.42. The highest BCUT2D eigenvalue weighted by atomic mass is 17.2. The summed E-state index contributed by atoms with van der Waals surface area (Å²) in [4.78, 5) is 19.9. The molecule has 1 aliphatic heterocycles. The van der Waals surface area contributed by atoms with Gasteiger partial charge in [-0.1, -0.05) is 43.5 Å². The van der Waals surface area contributed by atoms with Gasteiger partial charge in [0.05, 0.1) is 5.52 Å². The SMILES string of the molecule is Nc1nc(NC2CCCCC2)c2cc(C3OOc4ccccc43)ccc2n1. The highest BCUT2D eigenvalue weighted by molar-refractivity contribution is 5.90. The summed E-state index contributed by atoms with van der Waals surface area (Å²) in [7, 11) is 0. The molecule has 0 bridgehead atoms. The second-order valence-corrected chi connectivity index (χ2v) is 7.28. The van der Waals surface area contributed by atoms with Crippen LogP contribution in [0.15, 0.2) is 42.5 Å². The van der Waals surface area contributed by atoms with Crippen molar-refractivity contribution in [3.05, 3.63) is 53.6 Å². The number of para-hydroxylation sites is 1. The van der Waals surface area contributed by atoms with E-state index in [0.717, 1.165) is 46.4 Å². The Balaban J connectivity index is 1.54. The summed E-state index contributed by atoms with van der Waals surface area (Å²) in [5.41, 5.74) is 8.81. The van der Waals surface area contributed by atoms with Gasteiger partial charge in [-0.05, 0) is 36.6 Å². The van der Waals surface area contributed by atoms with E-state index in [0.29, 0.717) is 12.0 Å². The summed E-state index contributed by atoms with van der Waals surface area (Å²) in [5.74, 6) is 1.86. The van der Waals surface area contributed by atoms with Crippen LogP contribution in [0.25, 0.3) is 10.9 Å². The molecule has 3 aromatic rings. The van der Waals surface area contributed by atoms with E-state index in [1.54, 1.807) is 0 Å². The number of benzene rings is 2. The number of nitrogens with zero attached hydrogens (tertiary/aromatic N) is 2. The van der Waals surface area contributed by atoms with Crippen LogP contribution in [0.5, 0.6) is 5.75 Å². The molecule has 2 aliphatic rings. The van der Waals surface area contributed by atoms with Crippen LogP contribution in [-0.2, 0) is 4.89 Å². The molecule has 1 atom stereocenters. The zero-order valence-corrected chi connectivity index (χ0v) is 15.0. The van der Waals surface area contributed by atoms with Crippen LogP contribution in [-0.4, -0.2) is 16.0 Å². The van der Waals surface area contributed by atoms with Gasteiger partial charge in [0.1, 0.15) is 5.82 Å². The van der Waals surface area contributed by atoms with Crippen molar-refractivity contribution >= 4 is 22.7 Å². The van der Waals surface area contributed by atoms with Gasteiger partial charge in [0.25, 0.3) is 0 Å². The number of fused-ring (bicyclic) bond motifs is 2. The number of aromatic nitrogens is 2. The first-order chi connectivity index (χ1) is 13.3. The molecule has 6 nitrogen and oxygen atoms in total. The Morgan fingerprint density at radius 2 is 1.85 bits per heavy atom. The second-order valence-electron chi connectivity index (χ2n) is 7.28. The Morgan fingerprint density at radius 3 is 2.74 bits per heavy atom. The van der Waals surface area contributed by atoms with E-state index in [1.807, 2.05) is 36.4 Å². The van der Waals surface area contributed by atoms with Crippen molar-refractivity contribution in [3.8, 4) is 5.75 Å². The van der Waals surface area contributed by atoms with E-state index in [4.69, 9.17) is 15.5 Å². The molecule has 3 N–H and O–H groups in total. The first-order valence-electron chi connectivity index (χ1n) is 9.54. The monoisotopic (exact) mass is 362 g/mol. The van der Waals surface area contributed by atoms with Gasteiger partial charge >= 0.3 is 0 Å². The molecule has 1 aromatic heterocycles. The molecule has 2 aromatic carbocycles. The van der Waals surface area contributed by atoms with Crippen LogP contribution in [0.3, 0.4) is 0 Å². The predicted molar refractivity (Wildman–Crippen MR) is 104 cm³/mol. The first kappa shape index (κ1) is 16.3. The number of rotatable bonds is 3. The lowest BCUT2D eigenvalue weighted by Gasteiger charge is -2.24. The van der Waals surface area contributed by atoms with Crippen molar-refractivity contribution in [2.24, 2.45) is 0 Å². The lowest BCUT2D eigenvalue weighted by atomic mass is 9.95. The molecule has 0 radical (unpaired) electrons. The number of hydrogen-bond acceptors (Lipinski definition) is 6. The van der Waals surface area contributed by atoms with E-state index in [9.17, 15) is 0 Å². The van der Waals surface area contributed by atoms with Crippen LogP contribution in [0.2, 0.25) is 0 Å². The number of hydrogen-bond donors (Lipinski definition) is 2. The van der Waals surface area contributed by atoms with Crippen molar-refractivity contribution in [1.29, 1.82) is 0 Å². The third kappa shape index (κ3) is 3.06. The van der Waals surface area contributed by atoms with E-state index < -0.39 is 0 Å². The summed E-state index contributed by atoms with van der Waals surface area (Å²) >= 11 is 0. The zero-order chi connectivity index (χ0) is 18.2. The average molecular weight is 362 g/mol. The van der Waals surface area contributed by atoms with Crippen LogP contribution < -0.4 is 15.9 Å². The Kier molecular flexibility index (Phi) is 4.05. The molecule has 6 heteroatoms. The van der Waals surface area contributed by atoms with E-state index in [1.165, 1.54) is 19.3 Å². The van der Waals surface area contributed by atoms with Crippen molar-refractivity contribution < 1.29 is 9.78 Å². The van der Waals surface area contributed by atoms with Gasteiger partial charge in [-0.25, -0.2) is 4.98 Å². The maximum absolute atomic E-state index is 5.95. The number of nitrogens with two attached hydrogens (primary N) is 1. The molecular formula is C21H22N4O2. The lowest BCUT2D eigenvalue weighted by molar-refractivity contribution is -0.212. The van der Waals surface area contributed by atoms with Crippen molar-refractivity contribution in [1.82, 2.24) is 9.97 Å². The maximum Gasteiger partial charge on any atom is 0.222 e. The normalized spacial score (nSPS) is 19.6. The quantitative estimate of drug-likeness (QED) is 0.673. The van der Waals surface area contributed by atoms with E-state index >= 15 is 0 Å². The fraction of sp³-hybridized carbons (Fsp3) is 0.333. The van der Waals surface area contributed by atoms with Gasteiger partial charge in [-0.15, -0.1) is 0 Å². The fourth-order valence-electron chi connectivity index (χ4n) is 4.04. The third-order valence-corrected chi connectivity index (χ3v) is 5.42. The molecule has 0 saturated heterocycles. The lowest BCUT2D eigenvalue weighted by Crippen LogP contribution is -2.23. The average Bonchev–Trinajstić information content (AvgIpc) is 3.13. The topological polar surface area (TPSA) is 82.3 Å². The van der Waals surface area contributed by atoms with Crippen LogP contribution in [0.4, 0.5) is 11.8 Å². The Morgan fingerprint density at radius 1 is 1.00 bits per heavy atom. The molecule has 1 unspecified atom stereocenters. The van der Waals surface area contributed by atoms with Gasteiger partial charge in [-0.2, -0.15) is 9.87 Å². The molecule has 5 rings (SSSR count). The fourth-order valence-corrected chi connectivity index (χ4v) is 4.04. The molecule has 2 heterocycles. The van der Waals surface area contributed by atoms with Crippen LogP contribution in [0.1, 0.15) is 49.3 Å². The number of nitrogens with one attached hydrogen (secondary N) is 1. The molecular weight excluding hydrogens is 340 g/mol. The van der Waals surface area contributed by atoms with Gasteiger partial charge in [0.2, 0.25) is 5.95 Å². The molecule has 1 saturated carbocycles. The summed E-state index contributed by atoms with van der Waals surface area (Å²) in [6, 6.07) is 14.4. The smallest absolute Gasteiger partial charge is 0.222 e.